The monoisotopic (exact) mass is 235 g/mol. The van der Waals surface area contributed by atoms with Crippen LogP contribution < -0.4 is 0 Å². The molecule has 0 aliphatic heterocycles. The van der Waals surface area contributed by atoms with Crippen molar-refractivity contribution in [3.63, 3.8) is 0 Å². The zero-order valence-electron chi connectivity index (χ0n) is 9.59. The summed E-state index contributed by atoms with van der Waals surface area (Å²) >= 11 is 0. The molecule has 2 rings (SSSR count). The van der Waals surface area contributed by atoms with Gasteiger partial charge in [0.1, 0.15) is 5.82 Å². The van der Waals surface area contributed by atoms with Crippen molar-refractivity contribution in [1.29, 1.82) is 0 Å². The van der Waals surface area contributed by atoms with E-state index >= 15 is 0 Å². The number of hydrogen-bond acceptors (Lipinski definition) is 1. The zero-order valence-corrected chi connectivity index (χ0v) is 9.59. The van der Waals surface area contributed by atoms with E-state index in [-0.39, 0.29) is 12.2 Å². The molecule has 0 unspecified atom stereocenters. The van der Waals surface area contributed by atoms with Gasteiger partial charge in [-0.25, -0.2) is 4.39 Å². The molecule has 17 heavy (non-hydrogen) atoms. The van der Waals surface area contributed by atoms with Crippen LogP contribution in [0.2, 0.25) is 0 Å². The summed E-state index contributed by atoms with van der Waals surface area (Å²) < 4.78 is 13.7. The molecule has 0 spiro atoms. The largest absolute Gasteiger partial charge is 0.481 e. The molecule has 3 nitrogen and oxygen atoms in total. The van der Waals surface area contributed by atoms with Crippen LogP contribution in [0.15, 0.2) is 18.2 Å². The average molecular weight is 235 g/mol. The van der Waals surface area contributed by atoms with E-state index in [1.807, 2.05) is 13.0 Å². The molecule has 0 aliphatic rings. The third kappa shape index (κ3) is 2.64. The predicted molar refractivity (Wildman–Crippen MR) is 63.6 cm³/mol. The molecular weight excluding hydrogens is 221 g/mol. The fourth-order valence-electron chi connectivity index (χ4n) is 1.96. The Morgan fingerprint density at radius 2 is 2.18 bits per heavy atom. The Morgan fingerprint density at radius 1 is 1.41 bits per heavy atom. The first kappa shape index (κ1) is 11.6. The van der Waals surface area contributed by atoms with Crippen molar-refractivity contribution in [2.75, 3.05) is 0 Å². The number of hydrogen-bond donors (Lipinski definition) is 2. The van der Waals surface area contributed by atoms with Crippen LogP contribution in [0, 0.1) is 12.7 Å². The van der Waals surface area contributed by atoms with Crippen LogP contribution in [-0.4, -0.2) is 16.1 Å². The first-order chi connectivity index (χ1) is 8.06. The molecule has 90 valence electrons. The van der Waals surface area contributed by atoms with Crippen molar-refractivity contribution in [2.45, 2.75) is 26.2 Å². The maximum atomic E-state index is 13.7. The zero-order chi connectivity index (χ0) is 12.4. The summed E-state index contributed by atoms with van der Waals surface area (Å²) in [6.45, 7) is 1.92. The third-order valence-corrected chi connectivity index (χ3v) is 2.76. The normalized spacial score (nSPS) is 10.9. The summed E-state index contributed by atoms with van der Waals surface area (Å²) in [5, 5.41) is 9.39. The Balaban J connectivity index is 2.21. The van der Waals surface area contributed by atoms with Crippen LogP contribution in [0.1, 0.15) is 24.1 Å². The Bertz CT molecular complexity index is 560. The molecule has 0 saturated carbocycles. The van der Waals surface area contributed by atoms with Gasteiger partial charge in [-0.05, 0) is 43.5 Å². The van der Waals surface area contributed by atoms with E-state index in [4.69, 9.17) is 5.11 Å². The van der Waals surface area contributed by atoms with Gasteiger partial charge >= 0.3 is 5.97 Å². The van der Waals surface area contributed by atoms with Crippen LogP contribution in [0.4, 0.5) is 4.39 Å². The van der Waals surface area contributed by atoms with Crippen molar-refractivity contribution in [3.8, 4) is 0 Å². The molecular formula is C13H14FNO2. The highest BCUT2D eigenvalue weighted by Gasteiger charge is 2.07. The molecule has 2 N–H and O–H groups in total. The van der Waals surface area contributed by atoms with Gasteiger partial charge in [-0.3, -0.25) is 4.79 Å². The standard InChI is InChI=1S/C13H14FNO2/c1-8-5-10-6-11(14)9(7-12(10)15-8)3-2-4-13(16)17/h5-7,15H,2-4H2,1H3,(H,16,17). The fourth-order valence-corrected chi connectivity index (χ4v) is 1.96. The lowest BCUT2D eigenvalue weighted by molar-refractivity contribution is -0.137. The molecule has 0 saturated heterocycles. The molecule has 0 radical (unpaired) electrons. The van der Waals surface area contributed by atoms with Crippen molar-refractivity contribution in [1.82, 2.24) is 4.98 Å². The number of aromatic nitrogens is 1. The number of rotatable bonds is 4. The number of aliphatic carboxylic acids is 1. The van der Waals surface area contributed by atoms with E-state index in [9.17, 15) is 9.18 Å². The number of aromatic amines is 1. The number of nitrogens with one attached hydrogen (secondary N) is 1. The Labute approximate surface area is 98.3 Å². The molecule has 1 heterocycles. The van der Waals surface area contributed by atoms with Gasteiger partial charge in [0.15, 0.2) is 0 Å². The van der Waals surface area contributed by atoms with E-state index in [2.05, 4.69) is 4.98 Å². The van der Waals surface area contributed by atoms with E-state index < -0.39 is 5.97 Å². The molecule has 1 aromatic carbocycles. The van der Waals surface area contributed by atoms with Crippen LogP contribution in [0.3, 0.4) is 0 Å². The lowest BCUT2D eigenvalue weighted by Crippen LogP contribution is -1.97. The number of carboxylic acid groups (broad SMARTS) is 1. The summed E-state index contributed by atoms with van der Waals surface area (Å²) in [5.41, 5.74) is 2.46. The number of halogens is 1. The van der Waals surface area contributed by atoms with Gasteiger partial charge in [0.25, 0.3) is 0 Å². The highest BCUT2D eigenvalue weighted by atomic mass is 19.1. The van der Waals surface area contributed by atoms with Crippen molar-refractivity contribution in [3.05, 3.63) is 35.3 Å². The minimum absolute atomic E-state index is 0.0707. The molecule has 0 fully saturated rings. The number of carbonyl (C=O) groups is 1. The van der Waals surface area contributed by atoms with Crippen molar-refractivity contribution in [2.24, 2.45) is 0 Å². The number of carboxylic acids is 1. The highest BCUT2D eigenvalue weighted by Crippen LogP contribution is 2.21. The van der Waals surface area contributed by atoms with Gasteiger partial charge < -0.3 is 10.1 Å². The third-order valence-electron chi connectivity index (χ3n) is 2.76. The molecule has 0 aliphatic carbocycles. The molecule has 4 heteroatoms. The second-order valence-electron chi connectivity index (χ2n) is 4.23. The van der Waals surface area contributed by atoms with Crippen LogP contribution in [-0.2, 0) is 11.2 Å². The summed E-state index contributed by atoms with van der Waals surface area (Å²) in [6, 6.07) is 5.15. The molecule has 0 bridgehead atoms. The Kier molecular flexibility index (Phi) is 3.13. The Hall–Kier alpha value is -1.84. The second-order valence-corrected chi connectivity index (χ2v) is 4.23. The predicted octanol–water partition coefficient (Wildman–Crippen LogP) is 3.02. The van der Waals surface area contributed by atoms with Crippen LogP contribution >= 0.6 is 0 Å². The lowest BCUT2D eigenvalue weighted by Gasteiger charge is -2.02. The van der Waals surface area contributed by atoms with Gasteiger partial charge in [-0.1, -0.05) is 0 Å². The molecule has 2 aromatic rings. The Morgan fingerprint density at radius 3 is 2.88 bits per heavy atom. The second kappa shape index (κ2) is 4.57. The molecule has 0 atom stereocenters. The summed E-state index contributed by atoms with van der Waals surface area (Å²) in [6.07, 6.45) is 0.977. The van der Waals surface area contributed by atoms with Crippen LogP contribution in [0.25, 0.3) is 10.9 Å². The fraction of sp³-hybridized carbons (Fsp3) is 0.308. The number of benzene rings is 1. The van der Waals surface area contributed by atoms with E-state index in [0.29, 0.717) is 18.4 Å². The van der Waals surface area contributed by atoms with Crippen LogP contribution in [0.5, 0.6) is 0 Å². The van der Waals surface area contributed by atoms with Crippen molar-refractivity contribution < 1.29 is 14.3 Å². The summed E-state index contributed by atoms with van der Waals surface area (Å²) in [4.78, 5) is 13.5. The van der Waals surface area contributed by atoms with E-state index in [1.54, 1.807) is 6.07 Å². The lowest BCUT2D eigenvalue weighted by atomic mass is 10.1. The highest BCUT2D eigenvalue weighted by molar-refractivity contribution is 5.81. The first-order valence-corrected chi connectivity index (χ1v) is 5.56. The van der Waals surface area contributed by atoms with Gasteiger partial charge in [0, 0.05) is 23.0 Å². The number of aryl methyl sites for hydroxylation is 2. The maximum absolute atomic E-state index is 13.7. The SMILES string of the molecule is Cc1cc2cc(F)c(CCCC(=O)O)cc2[nH]1. The average Bonchev–Trinajstić information content (AvgIpc) is 2.57. The van der Waals surface area contributed by atoms with Gasteiger partial charge in [0.05, 0.1) is 0 Å². The summed E-state index contributed by atoms with van der Waals surface area (Å²) in [7, 11) is 0. The minimum atomic E-state index is -0.845. The topological polar surface area (TPSA) is 53.1 Å². The number of H-pyrrole nitrogens is 1. The molecule has 0 amide bonds. The minimum Gasteiger partial charge on any atom is -0.481 e. The molecule has 1 aromatic heterocycles. The van der Waals surface area contributed by atoms with Gasteiger partial charge in [0.2, 0.25) is 0 Å². The first-order valence-electron chi connectivity index (χ1n) is 5.56. The van der Waals surface area contributed by atoms with E-state index in [1.165, 1.54) is 6.07 Å². The maximum Gasteiger partial charge on any atom is 0.303 e. The summed E-state index contributed by atoms with van der Waals surface area (Å²) in [5.74, 6) is -1.11. The van der Waals surface area contributed by atoms with Crippen molar-refractivity contribution >= 4 is 16.9 Å². The van der Waals surface area contributed by atoms with Gasteiger partial charge in [-0.2, -0.15) is 0 Å². The van der Waals surface area contributed by atoms with Gasteiger partial charge in [-0.15, -0.1) is 0 Å². The number of fused-ring (bicyclic) bond motifs is 1. The smallest absolute Gasteiger partial charge is 0.303 e. The quantitative estimate of drug-likeness (QED) is 0.855. The van der Waals surface area contributed by atoms with E-state index in [0.717, 1.165) is 16.6 Å².